The van der Waals surface area contributed by atoms with Crippen LogP contribution in [0.5, 0.6) is 0 Å². The third kappa shape index (κ3) is 2.06. The fourth-order valence-electron chi connectivity index (χ4n) is 2.96. The highest BCUT2D eigenvalue weighted by Crippen LogP contribution is 2.34. The van der Waals surface area contributed by atoms with Crippen LogP contribution >= 0.6 is 11.3 Å². The third-order valence-electron chi connectivity index (χ3n) is 4.00. The standard InChI is InChI=1S/C15H18N2O2S/c1-10-5-3-7-17(9-10)13-12(11-6-4-8-20-11)14(18)16(2)15(13)19/h4,6,8,10H,3,5,7,9H2,1-2H3. The van der Waals surface area contributed by atoms with E-state index < -0.39 is 0 Å². The Balaban J connectivity index is 2.06. The minimum Gasteiger partial charge on any atom is -0.366 e. The van der Waals surface area contributed by atoms with Crippen molar-refractivity contribution in [1.82, 2.24) is 9.80 Å². The summed E-state index contributed by atoms with van der Waals surface area (Å²) in [7, 11) is 1.57. The molecule has 1 saturated heterocycles. The number of imide groups is 1. The zero-order valence-electron chi connectivity index (χ0n) is 11.8. The van der Waals surface area contributed by atoms with Gasteiger partial charge in [-0.05, 0) is 30.2 Å². The van der Waals surface area contributed by atoms with Crippen LogP contribution in [0.3, 0.4) is 0 Å². The van der Waals surface area contributed by atoms with Crippen molar-refractivity contribution < 1.29 is 9.59 Å². The van der Waals surface area contributed by atoms with E-state index in [0.29, 0.717) is 17.2 Å². The van der Waals surface area contributed by atoms with Crippen molar-refractivity contribution in [3.05, 3.63) is 28.1 Å². The molecule has 0 aliphatic carbocycles. The summed E-state index contributed by atoms with van der Waals surface area (Å²) < 4.78 is 0. The van der Waals surface area contributed by atoms with E-state index in [-0.39, 0.29) is 11.8 Å². The first-order valence-electron chi connectivity index (χ1n) is 6.95. The van der Waals surface area contributed by atoms with Gasteiger partial charge in [0.05, 0.1) is 5.57 Å². The molecule has 20 heavy (non-hydrogen) atoms. The van der Waals surface area contributed by atoms with Crippen molar-refractivity contribution in [1.29, 1.82) is 0 Å². The van der Waals surface area contributed by atoms with Gasteiger partial charge in [-0.3, -0.25) is 14.5 Å². The van der Waals surface area contributed by atoms with E-state index in [0.717, 1.165) is 24.4 Å². The van der Waals surface area contributed by atoms with Gasteiger partial charge < -0.3 is 4.90 Å². The first-order chi connectivity index (χ1) is 9.59. The summed E-state index contributed by atoms with van der Waals surface area (Å²) in [4.78, 5) is 29.0. The van der Waals surface area contributed by atoms with Crippen molar-refractivity contribution in [2.75, 3.05) is 20.1 Å². The Morgan fingerprint density at radius 2 is 2.10 bits per heavy atom. The molecule has 0 radical (unpaired) electrons. The van der Waals surface area contributed by atoms with Gasteiger partial charge in [-0.15, -0.1) is 11.3 Å². The van der Waals surface area contributed by atoms with Crippen LogP contribution in [0, 0.1) is 5.92 Å². The molecule has 0 spiro atoms. The Hall–Kier alpha value is -1.62. The van der Waals surface area contributed by atoms with E-state index >= 15 is 0 Å². The number of likely N-dealkylation sites (N-methyl/N-ethyl adjacent to an activating group) is 1. The Kier molecular flexibility index (Phi) is 3.38. The normalized spacial score (nSPS) is 24.0. The van der Waals surface area contributed by atoms with Gasteiger partial charge in [-0.1, -0.05) is 13.0 Å². The van der Waals surface area contributed by atoms with E-state index in [2.05, 4.69) is 11.8 Å². The van der Waals surface area contributed by atoms with Gasteiger partial charge in [0.15, 0.2) is 0 Å². The second-order valence-corrected chi connectivity index (χ2v) is 6.51. The van der Waals surface area contributed by atoms with E-state index in [1.165, 1.54) is 22.7 Å². The number of carbonyl (C=O) groups is 2. The van der Waals surface area contributed by atoms with Gasteiger partial charge in [0.2, 0.25) is 0 Å². The first kappa shape index (κ1) is 13.4. The lowest BCUT2D eigenvalue weighted by molar-refractivity contribution is -0.136. The molecular formula is C15H18N2O2S. The number of nitrogens with zero attached hydrogens (tertiary/aromatic N) is 2. The summed E-state index contributed by atoms with van der Waals surface area (Å²) in [5.41, 5.74) is 1.19. The molecule has 1 fully saturated rings. The zero-order chi connectivity index (χ0) is 14.3. The van der Waals surface area contributed by atoms with Crippen LogP contribution in [-0.2, 0) is 9.59 Å². The largest absolute Gasteiger partial charge is 0.366 e. The van der Waals surface area contributed by atoms with E-state index in [1.54, 1.807) is 7.05 Å². The second kappa shape index (κ2) is 5.05. The maximum atomic E-state index is 12.4. The zero-order valence-corrected chi connectivity index (χ0v) is 12.6. The Bertz CT molecular complexity index is 577. The van der Waals surface area contributed by atoms with Crippen LogP contribution in [0.4, 0.5) is 0 Å². The van der Waals surface area contributed by atoms with Gasteiger partial charge in [-0.2, -0.15) is 0 Å². The van der Waals surface area contributed by atoms with E-state index in [1.807, 2.05) is 17.5 Å². The molecule has 1 unspecified atom stereocenters. The highest BCUT2D eigenvalue weighted by Gasteiger charge is 2.40. The highest BCUT2D eigenvalue weighted by molar-refractivity contribution is 7.11. The van der Waals surface area contributed by atoms with Crippen LogP contribution < -0.4 is 0 Å². The molecule has 106 valence electrons. The molecule has 5 heteroatoms. The van der Waals surface area contributed by atoms with Gasteiger partial charge in [0.25, 0.3) is 11.8 Å². The molecule has 1 aromatic rings. The number of thiophene rings is 1. The first-order valence-corrected chi connectivity index (χ1v) is 7.83. The molecule has 0 N–H and O–H groups in total. The maximum Gasteiger partial charge on any atom is 0.277 e. The summed E-state index contributed by atoms with van der Waals surface area (Å²) in [6, 6.07) is 3.83. The van der Waals surface area contributed by atoms with Crippen LogP contribution in [0.15, 0.2) is 23.2 Å². The molecule has 0 saturated carbocycles. The lowest BCUT2D eigenvalue weighted by Crippen LogP contribution is -2.38. The lowest BCUT2D eigenvalue weighted by Gasteiger charge is -2.33. The van der Waals surface area contributed by atoms with Crippen molar-refractivity contribution in [3.63, 3.8) is 0 Å². The molecule has 1 atom stereocenters. The summed E-state index contributed by atoms with van der Waals surface area (Å²) in [5, 5.41) is 1.94. The van der Waals surface area contributed by atoms with Gasteiger partial charge >= 0.3 is 0 Å². The van der Waals surface area contributed by atoms with Crippen molar-refractivity contribution in [2.24, 2.45) is 5.92 Å². The number of piperidine rings is 1. The molecule has 3 heterocycles. The highest BCUT2D eigenvalue weighted by atomic mass is 32.1. The lowest BCUT2D eigenvalue weighted by atomic mass is 9.99. The van der Waals surface area contributed by atoms with Crippen LogP contribution in [0.1, 0.15) is 24.6 Å². The summed E-state index contributed by atoms with van der Waals surface area (Å²) in [6.07, 6.45) is 2.27. The van der Waals surface area contributed by atoms with Gasteiger partial charge in [-0.25, -0.2) is 0 Å². The van der Waals surface area contributed by atoms with Crippen LogP contribution in [-0.4, -0.2) is 41.8 Å². The quantitative estimate of drug-likeness (QED) is 0.784. The maximum absolute atomic E-state index is 12.4. The number of hydrogen-bond donors (Lipinski definition) is 0. The molecule has 3 rings (SSSR count). The number of amides is 2. The van der Waals surface area contributed by atoms with Crippen LogP contribution in [0.2, 0.25) is 0 Å². The van der Waals surface area contributed by atoms with Gasteiger partial charge in [0.1, 0.15) is 5.70 Å². The molecule has 0 bridgehead atoms. The fourth-order valence-corrected chi connectivity index (χ4v) is 3.72. The molecule has 4 nitrogen and oxygen atoms in total. The predicted molar refractivity (Wildman–Crippen MR) is 79.0 cm³/mol. The summed E-state index contributed by atoms with van der Waals surface area (Å²) in [6.45, 7) is 3.92. The number of likely N-dealkylation sites (tertiary alicyclic amines) is 1. The number of hydrogen-bond acceptors (Lipinski definition) is 4. The SMILES string of the molecule is CC1CCCN(C2=C(c3cccs3)C(=O)N(C)C2=O)C1. The van der Waals surface area contributed by atoms with Crippen molar-refractivity contribution in [3.8, 4) is 0 Å². The average molecular weight is 290 g/mol. The topological polar surface area (TPSA) is 40.6 Å². The molecule has 2 aliphatic rings. The molecule has 1 aromatic heterocycles. The smallest absolute Gasteiger partial charge is 0.277 e. The minimum absolute atomic E-state index is 0.160. The Labute approximate surface area is 122 Å². The predicted octanol–water partition coefficient (Wildman–Crippen LogP) is 2.19. The average Bonchev–Trinajstić information content (AvgIpc) is 3.02. The number of rotatable bonds is 2. The molecular weight excluding hydrogens is 272 g/mol. The third-order valence-corrected chi connectivity index (χ3v) is 4.89. The number of carbonyl (C=O) groups excluding carboxylic acids is 2. The molecule has 2 amide bonds. The second-order valence-electron chi connectivity index (χ2n) is 5.56. The van der Waals surface area contributed by atoms with Crippen molar-refractivity contribution >= 4 is 28.7 Å². The fraction of sp³-hybridized carbons (Fsp3) is 0.467. The Morgan fingerprint density at radius 1 is 1.30 bits per heavy atom. The molecule has 2 aliphatic heterocycles. The van der Waals surface area contributed by atoms with Crippen molar-refractivity contribution in [2.45, 2.75) is 19.8 Å². The van der Waals surface area contributed by atoms with Crippen LogP contribution in [0.25, 0.3) is 5.57 Å². The van der Waals surface area contributed by atoms with E-state index in [4.69, 9.17) is 0 Å². The van der Waals surface area contributed by atoms with E-state index in [9.17, 15) is 9.59 Å². The summed E-state index contributed by atoms with van der Waals surface area (Å²) >= 11 is 1.51. The molecule has 0 aromatic carbocycles. The minimum atomic E-state index is -0.175. The monoisotopic (exact) mass is 290 g/mol. The van der Waals surface area contributed by atoms with Gasteiger partial charge in [0, 0.05) is 25.0 Å². The Morgan fingerprint density at radius 3 is 2.75 bits per heavy atom. The summed E-state index contributed by atoms with van der Waals surface area (Å²) in [5.74, 6) is 0.229.